The van der Waals surface area contributed by atoms with Crippen LogP contribution < -0.4 is 10.4 Å². The Balaban J connectivity index is 1.63. The molecule has 3 heterocycles. The average Bonchev–Trinajstić information content (AvgIpc) is 3.36. The molecule has 196 valence electrons. The molecule has 0 aliphatic carbocycles. The number of hydrogen-bond acceptors (Lipinski definition) is 12. The minimum absolute atomic E-state index is 0.172. The highest BCUT2D eigenvalue weighted by molar-refractivity contribution is 7.13. The van der Waals surface area contributed by atoms with Crippen LogP contribution in [0.2, 0.25) is 0 Å². The van der Waals surface area contributed by atoms with E-state index < -0.39 is 54.2 Å². The lowest BCUT2D eigenvalue weighted by Crippen LogP contribution is -2.62. The standard InChI is InChI=1S/C25H24O11S/c1-12(26)31-11-19-22(32-13(2)27)21(29)23(33-14(3)28)25(36-19)34-16-7-6-15-9-17(20-5-4-8-37-20)24(30)35-18(15)10-16/h4-10,19,21-23,25,29H,11H2,1-3H3. The Kier molecular flexibility index (Phi) is 7.91. The highest BCUT2D eigenvalue weighted by atomic mass is 32.1. The van der Waals surface area contributed by atoms with Gasteiger partial charge in [0.05, 0.1) is 5.56 Å². The molecule has 0 saturated carbocycles. The van der Waals surface area contributed by atoms with Gasteiger partial charge >= 0.3 is 23.5 Å². The lowest BCUT2D eigenvalue weighted by atomic mass is 9.98. The third-order valence-corrected chi connectivity index (χ3v) is 6.32. The van der Waals surface area contributed by atoms with Gasteiger partial charge in [-0.25, -0.2) is 4.79 Å². The van der Waals surface area contributed by atoms with Crippen molar-refractivity contribution in [1.82, 2.24) is 0 Å². The number of ether oxygens (including phenoxy) is 5. The summed E-state index contributed by atoms with van der Waals surface area (Å²) in [6.45, 7) is 3.08. The number of carbonyl (C=O) groups is 3. The van der Waals surface area contributed by atoms with E-state index in [1.54, 1.807) is 18.2 Å². The summed E-state index contributed by atoms with van der Waals surface area (Å²) in [7, 11) is 0. The van der Waals surface area contributed by atoms with Crippen molar-refractivity contribution in [3.05, 3.63) is 52.2 Å². The van der Waals surface area contributed by atoms with Gasteiger partial charge in [0.15, 0.2) is 12.2 Å². The fraction of sp³-hybridized carbons (Fsp3) is 0.360. The summed E-state index contributed by atoms with van der Waals surface area (Å²) < 4.78 is 32.6. The molecule has 37 heavy (non-hydrogen) atoms. The van der Waals surface area contributed by atoms with E-state index >= 15 is 0 Å². The van der Waals surface area contributed by atoms with Crippen molar-refractivity contribution >= 4 is 40.2 Å². The molecule has 0 amide bonds. The van der Waals surface area contributed by atoms with Crippen LogP contribution in [0.3, 0.4) is 0 Å². The third kappa shape index (κ3) is 6.16. The van der Waals surface area contributed by atoms with Crippen LogP contribution in [-0.2, 0) is 33.3 Å². The van der Waals surface area contributed by atoms with E-state index in [4.69, 9.17) is 28.1 Å². The van der Waals surface area contributed by atoms with Crippen LogP contribution in [0.1, 0.15) is 20.8 Å². The number of benzene rings is 1. The zero-order valence-corrected chi connectivity index (χ0v) is 20.9. The molecule has 4 rings (SSSR count). The number of hydrogen-bond donors (Lipinski definition) is 1. The fourth-order valence-electron chi connectivity index (χ4n) is 3.88. The number of fused-ring (bicyclic) bond motifs is 1. The lowest BCUT2D eigenvalue weighted by Gasteiger charge is -2.42. The first-order valence-corrected chi connectivity index (χ1v) is 12.1. The van der Waals surface area contributed by atoms with Crippen molar-refractivity contribution in [3.63, 3.8) is 0 Å². The van der Waals surface area contributed by atoms with Crippen LogP contribution in [0, 0.1) is 0 Å². The maximum Gasteiger partial charge on any atom is 0.345 e. The SMILES string of the molecule is CC(=O)OCC1OC(Oc2ccc3cc(-c4cccs4)c(=O)oc3c2)C(OC(C)=O)C(O)C1OC(C)=O. The molecule has 1 saturated heterocycles. The number of aliphatic hydroxyl groups is 1. The van der Waals surface area contributed by atoms with Crippen LogP contribution in [0.25, 0.3) is 21.4 Å². The fourth-order valence-corrected chi connectivity index (χ4v) is 4.61. The molecule has 0 bridgehead atoms. The Labute approximate surface area is 214 Å². The number of rotatable bonds is 7. The summed E-state index contributed by atoms with van der Waals surface area (Å²) >= 11 is 1.41. The van der Waals surface area contributed by atoms with Gasteiger partial charge in [0.25, 0.3) is 0 Å². The van der Waals surface area contributed by atoms with Gasteiger partial charge in [-0.1, -0.05) is 6.07 Å². The monoisotopic (exact) mass is 532 g/mol. The Morgan fingerprint density at radius 3 is 2.38 bits per heavy atom. The normalized spacial score (nSPS) is 23.3. The Morgan fingerprint density at radius 2 is 1.73 bits per heavy atom. The molecule has 11 nitrogen and oxygen atoms in total. The van der Waals surface area contributed by atoms with Gasteiger partial charge in [-0.2, -0.15) is 0 Å². The van der Waals surface area contributed by atoms with E-state index in [2.05, 4.69) is 0 Å². The lowest BCUT2D eigenvalue weighted by molar-refractivity contribution is -0.285. The van der Waals surface area contributed by atoms with Crippen LogP contribution >= 0.6 is 11.3 Å². The molecule has 1 aliphatic rings. The molecule has 0 spiro atoms. The predicted molar refractivity (Wildman–Crippen MR) is 129 cm³/mol. The molecule has 12 heteroatoms. The molecule has 5 atom stereocenters. The average molecular weight is 533 g/mol. The molecular formula is C25H24O11S. The second-order valence-corrected chi connectivity index (χ2v) is 9.17. The molecule has 2 aromatic heterocycles. The maximum absolute atomic E-state index is 12.5. The van der Waals surface area contributed by atoms with Gasteiger partial charge in [-0.05, 0) is 29.6 Å². The molecule has 1 aromatic carbocycles. The van der Waals surface area contributed by atoms with Crippen molar-refractivity contribution in [2.24, 2.45) is 0 Å². The topological polar surface area (TPSA) is 148 Å². The molecule has 1 fully saturated rings. The number of carbonyl (C=O) groups excluding carboxylic acids is 3. The van der Waals surface area contributed by atoms with Crippen LogP contribution in [0.4, 0.5) is 0 Å². The van der Waals surface area contributed by atoms with Gasteiger partial charge < -0.3 is 33.2 Å². The minimum Gasteiger partial charge on any atom is -0.463 e. The van der Waals surface area contributed by atoms with Gasteiger partial charge in [0, 0.05) is 37.1 Å². The van der Waals surface area contributed by atoms with Crippen molar-refractivity contribution in [2.45, 2.75) is 51.5 Å². The highest BCUT2D eigenvalue weighted by Crippen LogP contribution is 2.31. The summed E-state index contributed by atoms with van der Waals surface area (Å²) in [6.07, 6.45) is -6.81. The second-order valence-electron chi connectivity index (χ2n) is 8.23. The predicted octanol–water partition coefficient (Wildman–Crippen LogP) is 2.41. The Morgan fingerprint density at radius 1 is 1.00 bits per heavy atom. The van der Waals surface area contributed by atoms with E-state index in [1.807, 2.05) is 17.5 Å². The van der Waals surface area contributed by atoms with Crippen LogP contribution in [0.15, 0.2) is 51.0 Å². The summed E-state index contributed by atoms with van der Waals surface area (Å²) in [4.78, 5) is 48.0. The molecule has 0 radical (unpaired) electrons. The van der Waals surface area contributed by atoms with E-state index in [1.165, 1.54) is 24.3 Å². The van der Waals surface area contributed by atoms with E-state index in [0.29, 0.717) is 10.9 Å². The second kappa shape index (κ2) is 11.1. The summed E-state index contributed by atoms with van der Waals surface area (Å²) in [6, 6.07) is 10.1. The number of thiophene rings is 1. The smallest absolute Gasteiger partial charge is 0.345 e. The van der Waals surface area contributed by atoms with E-state index in [9.17, 15) is 24.3 Å². The van der Waals surface area contributed by atoms with Gasteiger partial charge in [-0.15, -0.1) is 11.3 Å². The van der Waals surface area contributed by atoms with E-state index in [-0.39, 0.29) is 17.9 Å². The number of aliphatic hydroxyl groups excluding tert-OH is 1. The van der Waals surface area contributed by atoms with Crippen molar-refractivity contribution in [1.29, 1.82) is 0 Å². The number of esters is 3. The van der Waals surface area contributed by atoms with E-state index in [0.717, 1.165) is 18.7 Å². The third-order valence-electron chi connectivity index (χ3n) is 5.42. The molecule has 1 N–H and O–H groups in total. The van der Waals surface area contributed by atoms with Gasteiger partial charge in [0.1, 0.15) is 30.1 Å². The quantitative estimate of drug-likeness (QED) is 0.272. The molecule has 1 aliphatic heterocycles. The Bertz CT molecular complexity index is 1340. The molecule has 5 unspecified atom stereocenters. The highest BCUT2D eigenvalue weighted by Gasteiger charge is 2.50. The minimum atomic E-state index is -1.57. The van der Waals surface area contributed by atoms with Crippen LogP contribution in [0.5, 0.6) is 5.75 Å². The van der Waals surface area contributed by atoms with Crippen molar-refractivity contribution in [3.8, 4) is 16.2 Å². The van der Waals surface area contributed by atoms with Gasteiger partial charge in [-0.3, -0.25) is 14.4 Å². The summed E-state index contributed by atoms with van der Waals surface area (Å²) in [5.74, 6) is -1.92. The van der Waals surface area contributed by atoms with Gasteiger partial charge in [0.2, 0.25) is 6.29 Å². The van der Waals surface area contributed by atoms with Crippen molar-refractivity contribution in [2.75, 3.05) is 6.61 Å². The maximum atomic E-state index is 12.5. The molecule has 3 aromatic rings. The first kappa shape index (κ1) is 26.3. The van der Waals surface area contributed by atoms with Crippen LogP contribution in [-0.4, -0.2) is 60.3 Å². The zero-order chi connectivity index (χ0) is 26.7. The first-order chi connectivity index (χ1) is 17.6. The summed E-state index contributed by atoms with van der Waals surface area (Å²) in [5.41, 5.74) is 0.131. The summed E-state index contributed by atoms with van der Waals surface area (Å²) in [5, 5.41) is 13.4. The Hall–Kier alpha value is -3.74. The molecular weight excluding hydrogens is 508 g/mol. The largest absolute Gasteiger partial charge is 0.463 e. The van der Waals surface area contributed by atoms with Crippen molar-refractivity contribution < 1.29 is 47.6 Å². The first-order valence-electron chi connectivity index (χ1n) is 11.2. The zero-order valence-electron chi connectivity index (χ0n) is 20.1.